The maximum Gasteiger partial charge on any atom is 0.333 e. The predicted molar refractivity (Wildman–Crippen MR) is 120 cm³/mol. The van der Waals surface area contributed by atoms with Crippen LogP contribution in [0.1, 0.15) is 39.2 Å². The number of anilines is 2. The summed E-state index contributed by atoms with van der Waals surface area (Å²) >= 11 is 1.27. The number of piperidine rings is 1. The number of nitrogens with one attached hydrogen (secondary N) is 1. The molecule has 3 aromatic rings. The van der Waals surface area contributed by atoms with E-state index in [1.807, 2.05) is 0 Å². The quantitative estimate of drug-likeness (QED) is 0.652. The highest BCUT2D eigenvalue weighted by Crippen LogP contribution is 2.28. The number of fused-ring (bicyclic) bond motifs is 1. The first-order chi connectivity index (χ1) is 14.8. The standard InChI is InChI=1S/C21H24FN5O3S/c1-13(2)27-19(29)17-18(24-20(31-17)25-10-4-3-5-11-25)26(21(27)30)12-16(28)23-15-8-6-14(22)7-9-15/h6-9,13H,3-5,10-12H2,1-2H3,(H,23,28). The normalized spacial score (nSPS) is 14.4. The van der Waals surface area contributed by atoms with Crippen molar-refractivity contribution in [2.24, 2.45) is 0 Å². The lowest BCUT2D eigenvalue weighted by molar-refractivity contribution is -0.116. The molecular formula is C21H24FN5O3S. The number of aromatic nitrogens is 3. The molecule has 0 unspecified atom stereocenters. The summed E-state index contributed by atoms with van der Waals surface area (Å²) in [6.07, 6.45) is 3.27. The molecule has 1 saturated heterocycles. The second-order valence-corrected chi connectivity index (χ2v) is 8.87. The fourth-order valence-corrected chi connectivity index (χ4v) is 4.80. The molecule has 0 bridgehead atoms. The van der Waals surface area contributed by atoms with E-state index in [1.54, 1.807) is 13.8 Å². The summed E-state index contributed by atoms with van der Waals surface area (Å²) < 4.78 is 15.9. The lowest BCUT2D eigenvalue weighted by Gasteiger charge is -2.25. The smallest absolute Gasteiger partial charge is 0.333 e. The summed E-state index contributed by atoms with van der Waals surface area (Å²) in [6.45, 7) is 4.91. The minimum atomic E-state index is -0.572. The van der Waals surface area contributed by atoms with Gasteiger partial charge in [0.2, 0.25) is 5.91 Å². The van der Waals surface area contributed by atoms with Crippen molar-refractivity contribution in [3.63, 3.8) is 0 Å². The number of carbonyl (C=O) groups excluding carboxylic acids is 1. The van der Waals surface area contributed by atoms with Gasteiger partial charge in [0.25, 0.3) is 5.56 Å². The first-order valence-corrected chi connectivity index (χ1v) is 11.1. The lowest BCUT2D eigenvalue weighted by atomic mass is 10.1. The van der Waals surface area contributed by atoms with Gasteiger partial charge in [-0.05, 0) is 57.4 Å². The molecule has 0 atom stereocenters. The lowest BCUT2D eigenvalue weighted by Crippen LogP contribution is -2.42. The van der Waals surface area contributed by atoms with Crippen molar-refractivity contribution in [1.29, 1.82) is 0 Å². The monoisotopic (exact) mass is 445 g/mol. The van der Waals surface area contributed by atoms with Crippen molar-refractivity contribution in [3.05, 3.63) is 50.9 Å². The van der Waals surface area contributed by atoms with E-state index in [-0.39, 0.29) is 23.8 Å². The van der Waals surface area contributed by atoms with Crippen molar-refractivity contribution in [1.82, 2.24) is 14.1 Å². The third kappa shape index (κ3) is 4.25. The Bertz CT molecular complexity index is 1220. The second-order valence-electron chi connectivity index (χ2n) is 7.89. The van der Waals surface area contributed by atoms with Crippen molar-refractivity contribution in [3.8, 4) is 0 Å². The number of thiazole rings is 1. The largest absolute Gasteiger partial charge is 0.348 e. The number of hydrogen-bond donors (Lipinski definition) is 1. The van der Waals surface area contributed by atoms with E-state index in [1.165, 1.54) is 40.2 Å². The zero-order chi connectivity index (χ0) is 22.1. The number of rotatable bonds is 5. The number of benzene rings is 1. The first kappa shape index (κ1) is 21.2. The minimum absolute atomic E-state index is 0.228. The summed E-state index contributed by atoms with van der Waals surface area (Å²) in [5.41, 5.74) is -0.310. The number of halogens is 1. The molecule has 0 saturated carbocycles. The van der Waals surface area contributed by atoms with Crippen LogP contribution in [0.25, 0.3) is 10.3 Å². The van der Waals surface area contributed by atoms with Crippen LogP contribution in [0.5, 0.6) is 0 Å². The molecule has 1 aliphatic rings. The van der Waals surface area contributed by atoms with E-state index in [9.17, 15) is 18.8 Å². The van der Waals surface area contributed by atoms with Crippen LogP contribution in [0.4, 0.5) is 15.2 Å². The minimum Gasteiger partial charge on any atom is -0.348 e. The Labute approximate surface area is 181 Å². The van der Waals surface area contributed by atoms with E-state index < -0.39 is 17.4 Å². The van der Waals surface area contributed by atoms with Crippen LogP contribution >= 0.6 is 11.3 Å². The average molecular weight is 446 g/mol. The van der Waals surface area contributed by atoms with Gasteiger partial charge in [-0.25, -0.2) is 14.2 Å². The highest BCUT2D eigenvalue weighted by molar-refractivity contribution is 7.22. The molecule has 1 fully saturated rings. The second kappa shape index (κ2) is 8.62. The van der Waals surface area contributed by atoms with Crippen LogP contribution in [0.2, 0.25) is 0 Å². The number of carbonyl (C=O) groups is 1. The molecule has 1 N–H and O–H groups in total. The third-order valence-electron chi connectivity index (χ3n) is 5.28. The third-order valence-corrected chi connectivity index (χ3v) is 6.37. The molecule has 2 aromatic heterocycles. The molecule has 4 rings (SSSR count). The summed E-state index contributed by atoms with van der Waals surface area (Å²) in [5.74, 6) is -0.871. The molecule has 164 valence electrons. The van der Waals surface area contributed by atoms with Gasteiger partial charge in [-0.15, -0.1) is 0 Å². The summed E-state index contributed by atoms with van der Waals surface area (Å²) in [4.78, 5) is 45.5. The molecule has 8 nitrogen and oxygen atoms in total. The van der Waals surface area contributed by atoms with E-state index in [2.05, 4.69) is 15.2 Å². The fourth-order valence-electron chi connectivity index (χ4n) is 3.74. The van der Waals surface area contributed by atoms with Gasteiger partial charge >= 0.3 is 5.69 Å². The number of amides is 1. The van der Waals surface area contributed by atoms with Crippen LogP contribution in [-0.4, -0.2) is 33.1 Å². The summed E-state index contributed by atoms with van der Waals surface area (Å²) in [6, 6.07) is 5.00. The van der Waals surface area contributed by atoms with Crippen molar-refractivity contribution in [2.45, 2.75) is 45.7 Å². The molecule has 1 aliphatic heterocycles. The molecule has 1 amide bonds. The molecule has 1 aromatic carbocycles. The van der Waals surface area contributed by atoms with Crippen molar-refractivity contribution >= 4 is 38.4 Å². The fraction of sp³-hybridized carbons (Fsp3) is 0.429. The molecule has 31 heavy (non-hydrogen) atoms. The van der Waals surface area contributed by atoms with Gasteiger partial charge in [0.1, 0.15) is 17.1 Å². The van der Waals surface area contributed by atoms with Crippen LogP contribution in [0.15, 0.2) is 33.9 Å². The average Bonchev–Trinajstić information content (AvgIpc) is 3.19. The summed E-state index contributed by atoms with van der Waals surface area (Å²) in [7, 11) is 0. The van der Waals surface area contributed by atoms with Gasteiger partial charge in [0.15, 0.2) is 10.8 Å². The molecule has 0 aliphatic carbocycles. The maximum absolute atomic E-state index is 13.1. The van der Waals surface area contributed by atoms with E-state index in [0.29, 0.717) is 15.5 Å². The number of hydrogen-bond acceptors (Lipinski definition) is 6. The maximum atomic E-state index is 13.1. The Morgan fingerprint density at radius 2 is 1.84 bits per heavy atom. The van der Waals surface area contributed by atoms with E-state index in [0.717, 1.165) is 36.9 Å². The van der Waals surface area contributed by atoms with Gasteiger partial charge in [-0.3, -0.25) is 18.7 Å². The van der Waals surface area contributed by atoms with Crippen LogP contribution in [-0.2, 0) is 11.3 Å². The molecule has 0 radical (unpaired) electrons. The molecule has 3 heterocycles. The summed E-state index contributed by atoms with van der Waals surface area (Å²) in [5, 5.41) is 3.35. The van der Waals surface area contributed by atoms with E-state index in [4.69, 9.17) is 0 Å². The molecule has 10 heteroatoms. The Hall–Kier alpha value is -3.01. The van der Waals surface area contributed by atoms with Crippen LogP contribution < -0.4 is 21.5 Å². The zero-order valence-corrected chi connectivity index (χ0v) is 18.2. The van der Waals surface area contributed by atoms with Gasteiger partial charge in [-0.1, -0.05) is 11.3 Å². The van der Waals surface area contributed by atoms with Gasteiger partial charge < -0.3 is 10.2 Å². The van der Waals surface area contributed by atoms with Crippen LogP contribution in [0, 0.1) is 5.82 Å². The zero-order valence-electron chi connectivity index (χ0n) is 17.4. The Morgan fingerprint density at radius 3 is 2.48 bits per heavy atom. The van der Waals surface area contributed by atoms with Gasteiger partial charge in [0.05, 0.1) is 0 Å². The van der Waals surface area contributed by atoms with E-state index >= 15 is 0 Å². The predicted octanol–water partition coefficient (Wildman–Crippen LogP) is 2.97. The molecular weight excluding hydrogens is 421 g/mol. The van der Waals surface area contributed by atoms with Crippen molar-refractivity contribution < 1.29 is 9.18 Å². The SMILES string of the molecule is CC(C)n1c(=O)c2sc(N3CCCCC3)nc2n(CC(=O)Nc2ccc(F)cc2)c1=O. The van der Waals surface area contributed by atoms with Crippen LogP contribution in [0.3, 0.4) is 0 Å². The Kier molecular flexibility index (Phi) is 5.90. The first-order valence-electron chi connectivity index (χ1n) is 10.3. The topological polar surface area (TPSA) is 89.2 Å². The Balaban J connectivity index is 1.75. The Morgan fingerprint density at radius 1 is 1.16 bits per heavy atom. The number of nitrogens with zero attached hydrogens (tertiary/aromatic N) is 4. The highest BCUT2D eigenvalue weighted by Gasteiger charge is 2.23. The van der Waals surface area contributed by atoms with Gasteiger partial charge in [0, 0.05) is 24.8 Å². The van der Waals surface area contributed by atoms with Crippen molar-refractivity contribution in [2.75, 3.05) is 23.3 Å². The molecule has 0 spiro atoms. The van der Waals surface area contributed by atoms with Gasteiger partial charge in [-0.2, -0.15) is 0 Å². The highest BCUT2D eigenvalue weighted by atomic mass is 32.1.